The molecule has 2 rings (SSSR count). The number of amides is 2. The van der Waals surface area contributed by atoms with E-state index in [0.717, 1.165) is 0 Å². The molecule has 8 nitrogen and oxygen atoms in total. The Morgan fingerprint density at radius 3 is 2.14 bits per heavy atom. The summed E-state index contributed by atoms with van der Waals surface area (Å²) in [7, 11) is 1.57. The van der Waals surface area contributed by atoms with Gasteiger partial charge in [0.05, 0.1) is 25.8 Å². The summed E-state index contributed by atoms with van der Waals surface area (Å²) >= 11 is 0. The van der Waals surface area contributed by atoms with E-state index in [1.165, 1.54) is 24.3 Å². The van der Waals surface area contributed by atoms with E-state index in [1.807, 2.05) is 0 Å². The molecular weight excluding hydrogens is 364 g/mol. The highest BCUT2D eigenvalue weighted by molar-refractivity contribution is 6.39. The highest BCUT2D eigenvalue weighted by Gasteiger charge is 2.13. The van der Waals surface area contributed by atoms with Gasteiger partial charge in [0, 0.05) is 5.69 Å². The lowest BCUT2D eigenvalue weighted by molar-refractivity contribution is -0.136. The molecule has 0 unspecified atom stereocenters. The Morgan fingerprint density at radius 1 is 0.893 bits per heavy atom. The van der Waals surface area contributed by atoms with Crippen LogP contribution in [0.4, 0.5) is 5.69 Å². The van der Waals surface area contributed by atoms with Crippen LogP contribution in [0.3, 0.4) is 0 Å². The summed E-state index contributed by atoms with van der Waals surface area (Å²) in [5, 5.41) is 4.92. The van der Waals surface area contributed by atoms with Crippen LogP contribution >= 0.6 is 0 Å². The van der Waals surface area contributed by atoms with Gasteiger partial charge in [-0.05, 0) is 55.5 Å². The van der Waals surface area contributed by atoms with Crippen LogP contribution in [0.1, 0.15) is 17.3 Å². The Kier molecular flexibility index (Phi) is 7.83. The van der Waals surface area contributed by atoms with Crippen molar-refractivity contribution < 1.29 is 28.6 Å². The predicted molar refractivity (Wildman–Crippen MR) is 103 cm³/mol. The van der Waals surface area contributed by atoms with Gasteiger partial charge in [0.2, 0.25) is 0 Å². The van der Waals surface area contributed by atoms with Crippen LogP contribution in [-0.4, -0.2) is 44.7 Å². The molecule has 2 N–H and O–H groups in total. The molecule has 2 aromatic rings. The van der Waals surface area contributed by atoms with Crippen molar-refractivity contribution in [3.8, 4) is 11.5 Å². The number of methoxy groups -OCH3 is 1. The van der Waals surface area contributed by atoms with Crippen molar-refractivity contribution in [2.75, 3.05) is 32.2 Å². The van der Waals surface area contributed by atoms with E-state index in [-0.39, 0.29) is 19.8 Å². The van der Waals surface area contributed by atoms with Crippen molar-refractivity contribution in [1.29, 1.82) is 0 Å². The molecule has 0 bridgehead atoms. The van der Waals surface area contributed by atoms with Gasteiger partial charge >= 0.3 is 17.8 Å². The van der Waals surface area contributed by atoms with Crippen LogP contribution in [-0.2, 0) is 14.3 Å². The van der Waals surface area contributed by atoms with Gasteiger partial charge in [0.25, 0.3) is 0 Å². The zero-order valence-electron chi connectivity index (χ0n) is 15.7. The molecular formula is C20H22N2O6. The summed E-state index contributed by atoms with van der Waals surface area (Å²) in [5.41, 5.74) is 0.752. The van der Waals surface area contributed by atoms with E-state index in [0.29, 0.717) is 22.7 Å². The highest BCUT2D eigenvalue weighted by Crippen LogP contribution is 2.16. The van der Waals surface area contributed by atoms with Crippen molar-refractivity contribution in [1.82, 2.24) is 5.32 Å². The first-order valence-corrected chi connectivity index (χ1v) is 8.66. The minimum absolute atomic E-state index is 0.167. The molecule has 0 radical (unpaired) electrons. The Hall–Kier alpha value is -3.55. The summed E-state index contributed by atoms with van der Waals surface area (Å²) in [6.07, 6.45) is 0. The van der Waals surface area contributed by atoms with Crippen molar-refractivity contribution in [3.05, 3.63) is 54.1 Å². The maximum atomic E-state index is 11.9. The summed E-state index contributed by atoms with van der Waals surface area (Å²) in [6.45, 7) is 2.37. The standard InChI is InChI=1S/C20H22N2O6/c1-3-27-20(25)14-4-6-15(7-5-14)22-19(24)18(23)21-12-13-28-17-10-8-16(26-2)9-11-17/h4-11H,3,12-13H2,1-2H3,(H,21,23)(H,22,24). The molecule has 28 heavy (non-hydrogen) atoms. The number of ether oxygens (including phenoxy) is 3. The molecule has 2 aromatic carbocycles. The number of nitrogens with one attached hydrogen (secondary N) is 2. The zero-order chi connectivity index (χ0) is 20.4. The number of carbonyl (C=O) groups is 3. The summed E-state index contributed by atoms with van der Waals surface area (Å²) < 4.78 is 15.4. The summed E-state index contributed by atoms with van der Waals surface area (Å²) in [5.74, 6) is -0.704. The molecule has 2 amide bonds. The van der Waals surface area contributed by atoms with E-state index >= 15 is 0 Å². The van der Waals surface area contributed by atoms with Gasteiger partial charge in [-0.3, -0.25) is 9.59 Å². The van der Waals surface area contributed by atoms with Crippen LogP contribution in [0.5, 0.6) is 11.5 Å². The lowest BCUT2D eigenvalue weighted by Gasteiger charge is -2.09. The van der Waals surface area contributed by atoms with Gasteiger partial charge in [-0.15, -0.1) is 0 Å². The van der Waals surface area contributed by atoms with E-state index < -0.39 is 17.8 Å². The Bertz CT molecular complexity index is 802. The Labute approximate surface area is 162 Å². The third-order valence-corrected chi connectivity index (χ3v) is 3.58. The minimum atomic E-state index is -0.812. The molecule has 0 atom stereocenters. The molecule has 0 aliphatic heterocycles. The zero-order valence-corrected chi connectivity index (χ0v) is 15.7. The van der Waals surface area contributed by atoms with Crippen LogP contribution in [0.25, 0.3) is 0 Å². The lowest BCUT2D eigenvalue weighted by atomic mass is 10.2. The lowest BCUT2D eigenvalue weighted by Crippen LogP contribution is -2.37. The van der Waals surface area contributed by atoms with Gasteiger partial charge in [-0.25, -0.2) is 4.79 Å². The van der Waals surface area contributed by atoms with Gasteiger partial charge in [-0.2, -0.15) is 0 Å². The summed E-state index contributed by atoms with van der Waals surface area (Å²) in [4.78, 5) is 35.3. The van der Waals surface area contributed by atoms with Crippen molar-refractivity contribution in [3.63, 3.8) is 0 Å². The molecule has 0 heterocycles. The van der Waals surface area contributed by atoms with E-state index in [4.69, 9.17) is 14.2 Å². The van der Waals surface area contributed by atoms with E-state index in [9.17, 15) is 14.4 Å². The fraction of sp³-hybridized carbons (Fsp3) is 0.250. The number of anilines is 1. The van der Waals surface area contributed by atoms with Crippen LogP contribution in [0.15, 0.2) is 48.5 Å². The number of esters is 1. The first kappa shape index (κ1) is 20.8. The minimum Gasteiger partial charge on any atom is -0.497 e. The molecule has 148 valence electrons. The van der Waals surface area contributed by atoms with E-state index in [1.54, 1.807) is 38.3 Å². The number of benzene rings is 2. The topological polar surface area (TPSA) is 103 Å². The Morgan fingerprint density at radius 2 is 1.54 bits per heavy atom. The fourth-order valence-electron chi connectivity index (χ4n) is 2.18. The second-order valence-electron chi connectivity index (χ2n) is 5.53. The maximum absolute atomic E-state index is 11.9. The van der Waals surface area contributed by atoms with Gasteiger partial charge in [-0.1, -0.05) is 0 Å². The first-order chi connectivity index (χ1) is 13.5. The third kappa shape index (κ3) is 6.31. The van der Waals surface area contributed by atoms with Crippen LogP contribution in [0, 0.1) is 0 Å². The maximum Gasteiger partial charge on any atom is 0.338 e. The van der Waals surface area contributed by atoms with Crippen LogP contribution < -0.4 is 20.1 Å². The van der Waals surface area contributed by atoms with Gasteiger partial charge in [0.15, 0.2) is 0 Å². The van der Waals surface area contributed by atoms with Crippen molar-refractivity contribution in [2.45, 2.75) is 6.92 Å². The number of hydrogen-bond donors (Lipinski definition) is 2. The Balaban J connectivity index is 1.73. The monoisotopic (exact) mass is 386 g/mol. The highest BCUT2D eigenvalue weighted by atomic mass is 16.5. The molecule has 8 heteroatoms. The normalized spacial score (nSPS) is 9.93. The second kappa shape index (κ2) is 10.6. The molecule has 0 aromatic heterocycles. The largest absolute Gasteiger partial charge is 0.497 e. The second-order valence-corrected chi connectivity index (χ2v) is 5.53. The third-order valence-electron chi connectivity index (χ3n) is 3.58. The number of rotatable bonds is 8. The SMILES string of the molecule is CCOC(=O)c1ccc(NC(=O)C(=O)NCCOc2ccc(OC)cc2)cc1. The smallest absolute Gasteiger partial charge is 0.338 e. The number of carbonyl (C=O) groups excluding carboxylic acids is 3. The predicted octanol–water partition coefficient (Wildman–Crippen LogP) is 2.01. The quantitative estimate of drug-likeness (QED) is 0.409. The summed E-state index contributed by atoms with van der Waals surface area (Å²) in [6, 6.07) is 13.1. The average molecular weight is 386 g/mol. The van der Waals surface area contributed by atoms with E-state index in [2.05, 4.69) is 10.6 Å². The number of hydrogen-bond acceptors (Lipinski definition) is 6. The fourth-order valence-corrected chi connectivity index (χ4v) is 2.18. The average Bonchev–Trinajstić information content (AvgIpc) is 2.72. The molecule has 0 spiro atoms. The molecule has 0 saturated heterocycles. The van der Waals surface area contributed by atoms with Gasteiger partial charge < -0.3 is 24.8 Å². The van der Waals surface area contributed by atoms with Crippen molar-refractivity contribution >= 4 is 23.5 Å². The first-order valence-electron chi connectivity index (χ1n) is 8.66. The molecule has 0 aliphatic rings. The van der Waals surface area contributed by atoms with Gasteiger partial charge in [0.1, 0.15) is 18.1 Å². The molecule has 0 saturated carbocycles. The van der Waals surface area contributed by atoms with Crippen molar-refractivity contribution in [2.24, 2.45) is 0 Å². The van der Waals surface area contributed by atoms with Crippen LogP contribution in [0.2, 0.25) is 0 Å². The molecule has 0 fully saturated rings. The molecule has 0 aliphatic carbocycles.